The highest BCUT2D eigenvalue weighted by molar-refractivity contribution is 6.12. The number of carbonyl (C=O) groups is 2. The molecule has 1 atom stereocenters. The maximum Gasteiger partial charge on any atom is 0.351 e. The van der Waals surface area contributed by atoms with E-state index in [0.29, 0.717) is 36.8 Å². The Morgan fingerprint density at radius 3 is 2.75 bits per heavy atom. The number of carbonyl (C=O) groups excluding carboxylic acids is 2. The van der Waals surface area contributed by atoms with E-state index in [2.05, 4.69) is 10.6 Å². The van der Waals surface area contributed by atoms with Gasteiger partial charge in [0.25, 0.3) is 0 Å². The zero-order valence-electron chi connectivity index (χ0n) is 18.7. The monoisotopic (exact) mass is 439 g/mol. The first kappa shape index (κ1) is 23.3. The number of nitriles is 1. The number of rotatable bonds is 6. The molecule has 0 radical (unpaired) electrons. The standard InChI is InChI=1S/C23H29N5O4/c1-4-15(5-2)14-32-22(29)16(12-24)20-21(27-18-9-7-6-8-17(18)26-20)28-11-10-25-19(13-28)23(30)31-3/h6-9,15,19,25-26H,4-5,10-11,13-14H2,1-3H3/b20-16-. The van der Waals surface area contributed by atoms with Gasteiger partial charge in [0, 0.05) is 19.6 Å². The third-order valence-electron chi connectivity index (χ3n) is 5.75. The second-order valence-electron chi connectivity index (χ2n) is 7.70. The molecule has 0 spiro atoms. The number of fused-ring (bicyclic) bond motifs is 1. The van der Waals surface area contributed by atoms with Gasteiger partial charge in [-0.15, -0.1) is 0 Å². The Labute approximate surface area is 188 Å². The fraction of sp³-hybridized carbons (Fsp3) is 0.478. The van der Waals surface area contributed by atoms with Gasteiger partial charge in [0.15, 0.2) is 11.4 Å². The van der Waals surface area contributed by atoms with E-state index < -0.39 is 12.0 Å². The van der Waals surface area contributed by atoms with Crippen molar-refractivity contribution in [2.75, 3.05) is 38.7 Å². The molecule has 3 rings (SSSR count). The maximum absolute atomic E-state index is 12.9. The molecule has 9 nitrogen and oxygen atoms in total. The molecule has 2 heterocycles. The minimum atomic E-state index is -0.686. The first-order valence-corrected chi connectivity index (χ1v) is 10.8. The highest BCUT2D eigenvalue weighted by atomic mass is 16.5. The molecule has 1 aromatic carbocycles. The number of para-hydroxylation sites is 2. The summed E-state index contributed by atoms with van der Waals surface area (Å²) < 4.78 is 10.3. The van der Waals surface area contributed by atoms with Gasteiger partial charge in [0.2, 0.25) is 0 Å². The van der Waals surface area contributed by atoms with Crippen LogP contribution >= 0.6 is 0 Å². The lowest BCUT2D eigenvalue weighted by atomic mass is 10.1. The molecule has 0 aromatic heterocycles. The number of amidine groups is 1. The number of ether oxygens (including phenoxy) is 2. The Hall–Kier alpha value is -3.38. The molecule has 2 aliphatic rings. The maximum atomic E-state index is 12.9. The zero-order chi connectivity index (χ0) is 23.1. The number of nitrogens with zero attached hydrogens (tertiary/aromatic N) is 3. The minimum absolute atomic E-state index is 0.141. The summed E-state index contributed by atoms with van der Waals surface area (Å²) >= 11 is 0. The Balaban J connectivity index is 1.97. The van der Waals surface area contributed by atoms with Crippen LogP contribution in [0.1, 0.15) is 26.7 Å². The molecular weight excluding hydrogens is 410 g/mol. The lowest BCUT2D eigenvalue weighted by Gasteiger charge is -2.36. The fourth-order valence-electron chi connectivity index (χ4n) is 3.68. The molecule has 0 amide bonds. The number of benzene rings is 1. The van der Waals surface area contributed by atoms with E-state index >= 15 is 0 Å². The van der Waals surface area contributed by atoms with Crippen molar-refractivity contribution in [2.24, 2.45) is 10.9 Å². The number of piperazine rings is 1. The summed E-state index contributed by atoms with van der Waals surface area (Å²) in [6, 6.07) is 8.85. The van der Waals surface area contributed by atoms with Crippen molar-refractivity contribution in [1.82, 2.24) is 10.2 Å². The number of aliphatic imine (C=N–C) groups is 1. The van der Waals surface area contributed by atoms with Crippen LogP contribution < -0.4 is 10.6 Å². The van der Waals surface area contributed by atoms with Gasteiger partial charge in [-0.25, -0.2) is 9.79 Å². The number of esters is 2. The van der Waals surface area contributed by atoms with Crippen molar-refractivity contribution in [2.45, 2.75) is 32.7 Å². The molecule has 2 aliphatic heterocycles. The van der Waals surface area contributed by atoms with Crippen molar-refractivity contribution >= 4 is 29.1 Å². The van der Waals surface area contributed by atoms with E-state index in [1.807, 2.05) is 49.1 Å². The topological polar surface area (TPSA) is 116 Å². The molecule has 1 aromatic rings. The summed E-state index contributed by atoms with van der Waals surface area (Å²) in [7, 11) is 1.34. The number of methoxy groups -OCH3 is 1. The van der Waals surface area contributed by atoms with Crippen molar-refractivity contribution < 1.29 is 19.1 Å². The fourth-order valence-corrected chi connectivity index (χ4v) is 3.68. The van der Waals surface area contributed by atoms with E-state index in [1.54, 1.807) is 0 Å². The van der Waals surface area contributed by atoms with Crippen molar-refractivity contribution in [3.05, 3.63) is 35.5 Å². The van der Waals surface area contributed by atoms with Crippen molar-refractivity contribution in [1.29, 1.82) is 5.26 Å². The van der Waals surface area contributed by atoms with Gasteiger partial charge in [-0.1, -0.05) is 38.8 Å². The predicted molar refractivity (Wildman–Crippen MR) is 120 cm³/mol. The van der Waals surface area contributed by atoms with Gasteiger partial charge < -0.3 is 25.0 Å². The summed E-state index contributed by atoms with van der Waals surface area (Å²) in [5.74, 6) is -0.398. The first-order valence-electron chi connectivity index (χ1n) is 10.8. The van der Waals surface area contributed by atoms with Crippen molar-refractivity contribution in [3.63, 3.8) is 0 Å². The van der Waals surface area contributed by atoms with Crippen LogP contribution in [0.15, 0.2) is 40.5 Å². The molecule has 170 valence electrons. The second-order valence-corrected chi connectivity index (χ2v) is 7.70. The molecule has 1 fully saturated rings. The van der Waals surface area contributed by atoms with Gasteiger partial charge in [-0.2, -0.15) is 5.26 Å². The molecule has 1 saturated heterocycles. The van der Waals surface area contributed by atoms with Crippen molar-refractivity contribution in [3.8, 4) is 6.07 Å². The van der Waals surface area contributed by atoms with E-state index in [9.17, 15) is 14.9 Å². The van der Waals surface area contributed by atoms with Crippen LogP contribution in [0.3, 0.4) is 0 Å². The van der Waals surface area contributed by atoms with Crippen LogP contribution in [-0.4, -0.2) is 62.1 Å². The third-order valence-corrected chi connectivity index (χ3v) is 5.75. The van der Waals surface area contributed by atoms with Crippen LogP contribution in [0.5, 0.6) is 0 Å². The minimum Gasteiger partial charge on any atom is -0.468 e. The third kappa shape index (κ3) is 5.08. The lowest BCUT2D eigenvalue weighted by molar-refractivity contribution is -0.144. The summed E-state index contributed by atoms with van der Waals surface area (Å²) in [4.78, 5) is 31.5. The Bertz CT molecular complexity index is 961. The average Bonchev–Trinajstić information content (AvgIpc) is 2.84. The highest BCUT2D eigenvalue weighted by Crippen LogP contribution is 2.33. The highest BCUT2D eigenvalue weighted by Gasteiger charge is 2.33. The number of hydrogen-bond acceptors (Lipinski definition) is 9. The number of anilines is 1. The average molecular weight is 440 g/mol. The summed E-state index contributed by atoms with van der Waals surface area (Å²) in [6.07, 6.45) is 1.77. The first-order chi connectivity index (χ1) is 15.5. The molecular formula is C23H29N5O4. The Morgan fingerprint density at radius 2 is 2.06 bits per heavy atom. The van der Waals surface area contributed by atoms with Gasteiger partial charge in [0.05, 0.1) is 25.1 Å². The molecule has 2 N–H and O–H groups in total. The Kier molecular flexibility index (Phi) is 7.84. The summed E-state index contributed by atoms with van der Waals surface area (Å²) in [5.41, 5.74) is 1.51. The SMILES string of the molecule is CCC(CC)COC(=O)/C(C#N)=C1\Nc2ccccc2N=C1N1CCNC(C(=O)OC)C1. The quantitative estimate of drug-likeness (QED) is 0.394. The molecule has 0 saturated carbocycles. The predicted octanol–water partition coefficient (Wildman–Crippen LogP) is 2.35. The number of nitrogens with one attached hydrogen (secondary N) is 2. The van der Waals surface area contributed by atoms with Crippen LogP contribution in [0.4, 0.5) is 11.4 Å². The Morgan fingerprint density at radius 1 is 1.31 bits per heavy atom. The van der Waals surface area contributed by atoms with Crippen LogP contribution in [-0.2, 0) is 19.1 Å². The largest absolute Gasteiger partial charge is 0.468 e. The molecule has 0 bridgehead atoms. The summed E-state index contributed by atoms with van der Waals surface area (Å²) in [6.45, 7) is 5.69. The zero-order valence-corrected chi connectivity index (χ0v) is 18.7. The normalized spacial score (nSPS) is 19.3. The second kappa shape index (κ2) is 10.8. The van der Waals surface area contributed by atoms with Crippen LogP contribution in [0.25, 0.3) is 0 Å². The van der Waals surface area contributed by atoms with Gasteiger partial charge in [-0.3, -0.25) is 4.79 Å². The molecule has 9 heteroatoms. The van der Waals surface area contributed by atoms with E-state index in [4.69, 9.17) is 14.5 Å². The van der Waals surface area contributed by atoms with E-state index in [0.717, 1.165) is 12.8 Å². The summed E-state index contributed by atoms with van der Waals surface area (Å²) in [5, 5.41) is 16.2. The van der Waals surface area contributed by atoms with Crippen LogP contribution in [0.2, 0.25) is 0 Å². The number of hydrogen-bond donors (Lipinski definition) is 2. The van der Waals surface area contributed by atoms with Crippen LogP contribution in [0, 0.1) is 17.2 Å². The van der Waals surface area contributed by atoms with Gasteiger partial charge in [0.1, 0.15) is 17.8 Å². The van der Waals surface area contributed by atoms with E-state index in [1.165, 1.54) is 7.11 Å². The lowest BCUT2D eigenvalue weighted by Crippen LogP contribution is -2.56. The van der Waals surface area contributed by atoms with E-state index in [-0.39, 0.29) is 29.8 Å². The smallest absolute Gasteiger partial charge is 0.351 e. The molecule has 1 unspecified atom stereocenters. The molecule has 32 heavy (non-hydrogen) atoms. The molecule has 0 aliphatic carbocycles. The van der Waals surface area contributed by atoms with Gasteiger partial charge >= 0.3 is 11.9 Å². The van der Waals surface area contributed by atoms with Gasteiger partial charge in [-0.05, 0) is 18.1 Å².